The van der Waals surface area contributed by atoms with Crippen LogP contribution in [0, 0.1) is 0 Å². The highest BCUT2D eigenvalue weighted by Gasteiger charge is 2.09. The van der Waals surface area contributed by atoms with E-state index in [1.54, 1.807) is 0 Å². The molecule has 0 rings (SSSR count). The molecule has 1 amide bonds. The molecular weight excluding hydrogens is 212 g/mol. The molecule has 0 saturated carbocycles. The Kier molecular flexibility index (Phi) is 13.5. The first-order valence-corrected chi connectivity index (χ1v) is 5.68. The first-order valence-electron chi connectivity index (χ1n) is 5.68. The SMILES string of the molecule is CCCCN(CC)C(=O)CCCNC.Cl. The Morgan fingerprint density at radius 2 is 1.93 bits per heavy atom. The minimum absolute atomic E-state index is 0. The van der Waals surface area contributed by atoms with E-state index in [2.05, 4.69) is 12.2 Å². The summed E-state index contributed by atoms with van der Waals surface area (Å²) >= 11 is 0. The maximum atomic E-state index is 11.7. The summed E-state index contributed by atoms with van der Waals surface area (Å²) in [5.74, 6) is 0.302. The van der Waals surface area contributed by atoms with Gasteiger partial charge < -0.3 is 10.2 Å². The standard InChI is InChI=1S/C11H24N2O.ClH/c1-4-6-10-13(5-2)11(14)8-7-9-12-3;/h12H,4-10H2,1-3H3;1H. The molecule has 4 heteroatoms. The van der Waals surface area contributed by atoms with E-state index >= 15 is 0 Å². The molecule has 0 saturated heterocycles. The lowest BCUT2D eigenvalue weighted by molar-refractivity contribution is -0.131. The van der Waals surface area contributed by atoms with Crippen LogP contribution in [-0.2, 0) is 4.79 Å². The van der Waals surface area contributed by atoms with Gasteiger partial charge in [-0.05, 0) is 33.4 Å². The zero-order valence-corrected chi connectivity index (χ0v) is 11.0. The molecule has 0 aliphatic heterocycles. The van der Waals surface area contributed by atoms with Gasteiger partial charge in [-0.25, -0.2) is 0 Å². The van der Waals surface area contributed by atoms with Crippen LogP contribution in [0.4, 0.5) is 0 Å². The van der Waals surface area contributed by atoms with Crippen molar-refractivity contribution in [3.63, 3.8) is 0 Å². The van der Waals surface area contributed by atoms with Crippen molar-refractivity contribution in [1.29, 1.82) is 0 Å². The molecule has 0 aromatic heterocycles. The van der Waals surface area contributed by atoms with Gasteiger partial charge in [0.05, 0.1) is 0 Å². The van der Waals surface area contributed by atoms with Crippen LogP contribution in [0.1, 0.15) is 39.5 Å². The molecule has 0 aliphatic carbocycles. The number of hydrogen-bond acceptors (Lipinski definition) is 2. The van der Waals surface area contributed by atoms with E-state index in [4.69, 9.17) is 0 Å². The minimum atomic E-state index is 0. The largest absolute Gasteiger partial charge is 0.343 e. The average Bonchev–Trinajstić information content (AvgIpc) is 2.19. The van der Waals surface area contributed by atoms with Crippen LogP contribution < -0.4 is 5.32 Å². The molecule has 0 aromatic rings. The van der Waals surface area contributed by atoms with Gasteiger partial charge in [0.2, 0.25) is 5.91 Å². The zero-order chi connectivity index (χ0) is 10.8. The van der Waals surface area contributed by atoms with Crippen molar-refractivity contribution in [3.05, 3.63) is 0 Å². The topological polar surface area (TPSA) is 32.3 Å². The summed E-state index contributed by atoms with van der Waals surface area (Å²) in [6.07, 6.45) is 3.89. The van der Waals surface area contributed by atoms with Gasteiger partial charge in [-0.15, -0.1) is 12.4 Å². The van der Waals surface area contributed by atoms with E-state index in [-0.39, 0.29) is 12.4 Å². The highest BCUT2D eigenvalue weighted by atomic mass is 35.5. The van der Waals surface area contributed by atoms with Crippen LogP contribution in [0.2, 0.25) is 0 Å². The quantitative estimate of drug-likeness (QED) is 0.655. The fraction of sp³-hybridized carbons (Fsp3) is 0.909. The average molecular weight is 237 g/mol. The molecule has 0 aromatic carbocycles. The lowest BCUT2D eigenvalue weighted by atomic mass is 10.2. The van der Waals surface area contributed by atoms with E-state index in [1.165, 1.54) is 0 Å². The minimum Gasteiger partial charge on any atom is -0.343 e. The van der Waals surface area contributed by atoms with E-state index in [1.807, 2.05) is 18.9 Å². The van der Waals surface area contributed by atoms with Crippen molar-refractivity contribution in [1.82, 2.24) is 10.2 Å². The Hall–Kier alpha value is -0.280. The predicted octanol–water partition coefficient (Wildman–Crippen LogP) is 2.06. The molecule has 15 heavy (non-hydrogen) atoms. The normalized spacial score (nSPS) is 9.53. The highest BCUT2D eigenvalue weighted by Crippen LogP contribution is 2.00. The molecule has 0 spiro atoms. The summed E-state index contributed by atoms with van der Waals surface area (Å²) in [6, 6.07) is 0. The highest BCUT2D eigenvalue weighted by molar-refractivity contribution is 5.85. The van der Waals surface area contributed by atoms with Gasteiger partial charge in [-0.2, -0.15) is 0 Å². The Bertz CT molecular complexity index is 154. The first-order chi connectivity index (χ1) is 6.76. The molecule has 0 radical (unpaired) electrons. The summed E-state index contributed by atoms with van der Waals surface area (Å²) < 4.78 is 0. The summed E-state index contributed by atoms with van der Waals surface area (Å²) in [6.45, 7) is 6.89. The van der Waals surface area contributed by atoms with Crippen molar-refractivity contribution < 1.29 is 4.79 Å². The molecule has 0 atom stereocenters. The van der Waals surface area contributed by atoms with Crippen LogP contribution >= 0.6 is 12.4 Å². The van der Waals surface area contributed by atoms with Gasteiger partial charge in [-0.3, -0.25) is 4.79 Å². The first kappa shape index (κ1) is 17.1. The van der Waals surface area contributed by atoms with Crippen molar-refractivity contribution in [2.45, 2.75) is 39.5 Å². The molecule has 92 valence electrons. The number of unbranched alkanes of at least 4 members (excludes halogenated alkanes) is 1. The number of nitrogens with zero attached hydrogens (tertiary/aromatic N) is 1. The molecule has 0 fully saturated rings. The van der Waals surface area contributed by atoms with Crippen molar-refractivity contribution >= 4 is 18.3 Å². The number of carbonyl (C=O) groups is 1. The Morgan fingerprint density at radius 1 is 1.27 bits per heavy atom. The van der Waals surface area contributed by atoms with Crippen LogP contribution in [0.15, 0.2) is 0 Å². The fourth-order valence-corrected chi connectivity index (χ4v) is 1.38. The number of rotatable bonds is 8. The smallest absolute Gasteiger partial charge is 0.222 e. The predicted molar refractivity (Wildman–Crippen MR) is 67.6 cm³/mol. The third kappa shape index (κ3) is 8.70. The van der Waals surface area contributed by atoms with E-state index in [9.17, 15) is 4.79 Å². The van der Waals surface area contributed by atoms with Gasteiger partial charge in [-0.1, -0.05) is 13.3 Å². The van der Waals surface area contributed by atoms with Crippen molar-refractivity contribution in [2.75, 3.05) is 26.7 Å². The van der Waals surface area contributed by atoms with Crippen LogP contribution in [0.25, 0.3) is 0 Å². The van der Waals surface area contributed by atoms with Gasteiger partial charge in [0.15, 0.2) is 0 Å². The van der Waals surface area contributed by atoms with Crippen molar-refractivity contribution in [2.24, 2.45) is 0 Å². The number of hydrogen-bond donors (Lipinski definition) is 1. The van der Waals surface area contributed by atoms with E-state index < -0.39 is 0 Å². The number of nitrogens with one attached hydrogen (secondary N) is 1. The van der Waals surface area contributed by atoms with Gasteiger partial charge in [0, 0.05) is 19.5 Å². The number of carbonyl (C=O) groups excluding carboxylic acids is 1. The zero-order valence-electron chi connectivity index (χ0n) is 10.2. The molecule has 0 heterocycles. The molecule has 0 unspecified atom stereocenters. The van der Waals surface area contributed by atoms with Crippen LogP contribution in [0.3, 0.4) is 0 Å². The Labute approximate surface area is 100 Å². The van der Waals surface area contributed by atoms with Gasteiger partial charge in [0.1, 0.15) is 0 Å². The number of amides is 1. The number of halogens is 1. The van der Waals surface area contributed by atoms with Gasteiger partial charge >= 0.3 is 0 Å². The molecule has 1 N–H and O–H groups in total. The maximum Gasteiger partial charge on any atom is 0.222 e. The van der Waals surface area contributed by atoms with Crippen molar-refractivity contribution in [3.8, 4) is 0 Å². The second kappa shape index (κ2) is 11.8. The van der Waals surface area contributed by atoms with Crippen LogP contribution in [0.5, 0.6) is 0 Å². The second-order valence-corrected chi connectivity index (χ2v) is 3.53. The lowest BCUT2D eigenvalue weighted by Gasteiger charge is -2.20. The Balaban J connectivity index is 0. The van der Waals surface area contributed by atoms with E-state index in [0.29, 0.717) is 12.3 Å². The fourth-order valence-electron chi connectivity index (χ4n) is 1.38. The van der Waals surface area contributed by atoms with E-state index in [0.717, 1.165) is 38.9 Å². The summed E-state index contributed by atoms with van der Waals surface area (Å²) in [4.78, 5) is 13.6. The molecule has 0 aliphatic rings. The summed E-state index contributed by atoms with van der Waals surface area (Å²) in [7, 11) is 1.92. The molecule has 3 nitrogen and oxygen atoms in total. The maximum absolute atomic E-state index is 11.7. The monoisotopic (exact) mass is 236 g/mol. The third-order valence-electron chi connectivity index (χ3n) is 2.33. The summed E-state index contributed by atoms with van der Waals surface area (Å²) in [5, 5.41) is 3.05. The Morgan fingerprint density at radius 3 is 2.40 bits per heavy atom. The lowest BCUT2D eigenvalue weighted by Crippen LogP contribution is -2.32. The van der Waals surface area contributed by atoms with Gasteiger partial charge in [0.25, 0.3) is 0 Å². The third-order valence-corrected chi connectivity index (χ3v) is 2.33. The summed E-state index contributed by atoms with van der Waals surface area (Å²) in [5.41, 5.74) is 0. The van der Waals surface area contributed by atoms with Crippen LogP contribution in [-0.4, -0.2) is 37.5 Å². The molecule has 0 bridgehead atoms. The molecular formula is C11H25ClN2O. The second-order valence-electron chi connectivity index (χ2n) is 3.53.